The van der Waals surface area contributed by atoms with Gasteiger partial charge in [0, 0.05) is 33.9 Å². The van der Waals surface area contributed by atoms with Gasteiger partial charge in [0.1, 0.15) is 0 Å². The predicted octanol–water partition coefficient (Wildman–Crippen LogP) is 3.43. The van der Waals surface area contributed by atoms with Crippen molar-refractivity contribution < 1.29 is 4.79 Å². The second-order valence-electron chi connectivity index (χ2n) is 5.26. The first-order chi connectivity index (χ1) is 10.1. The molecular formula is C16H17BrN2OS. The van der Waals surface area contributed by atoms with Crippen LogP contribution in [0.1, 0.15) is 26.4 Å². The van der Waals surface area contributed by atoms with Crippen molar-refractivity contribution in [1.29, 1.82) is 0 Å². The highest BCUT2D eigenvalue weighted by Crippen LogP contribution is 2.23. The summed E-state index contributed by atoms with van der Waals surface area (Å²) in [6.07, 6.45) is 0.926. The molecule has 0 saturated carbocycles. The van der Waals surface area contributed by atoms with E-state index < -0.39 is 0 Å². The van der Waals surface area contributed by atoms with Crippen LogP contribution in [-0.2, 0) is 19.5 Å². The van der Waals surface area contributed by atoms with E-state index in [4.69, 9.17) is 0 Å². The molecule has 5 heteroatoms. The molecule has 21 heavy (non-hydrogen) atoms. The van der Waals surface area contributed by atoms with E-state index >= 15 is 0 Å². The Morgan fingerprint density at radius 1 is 1.48 bits per heavy atom. The third kappa shape index (κ3) is 3.20. The molecule has 0 spiro atoms. The minimum absolute atomic E-state index is 0.110. The maximum absolute atomic E-state index is 12.7. The second-order valence-corrected chi connectivity index (χ2v) is 7.17. The number of nitrogens with zero attached hydrogens (tertiary/aromatic N) is 1. The minimum atomic E-state index is 0.110. The van der Waals surface area contributed by atoms with Gasteiger partial charge in [-0.25, -0.2) is 0 Å². The Labute approximate surface area is 137 Å². The lowest BCUT2D eigenvalue weighted by Gasteiger charge is -2.23. The van der Waals surface area contributed by atoms with Crippen molar-refractivity contribution in [2.75, 3.05) is 13.6 Å². The zero-order valence-corrected chi connectivity index (χ0v) is 14.3. The van der Waals surface area contributed by atoms with Crippen molar-refractivity contribution in [2.45, 2.75) is 19.5 Å². The number of hydrogen-bond acceptors (Lipinski definition) is 3. The zero-order valence-electron chi connectivity index (χ0n) is 11.9. The summed E-state index contributed by atoms with van der Waals surface area (Å²) in [5.41, 5.74) is 3.31. The van der Waals surface area contributed by atoms with Crippen molar-refractivity contribution in [3.63, 3.8) is 0 Å². The van der Waals surface area contributed by atoms with Crippen LogP contribution in [0.4, 0.5) is 0 Å². The molecule has 110 valence electrons. The van der Waals surface area contributed by atoms with Crippen LogP contribution >= 0.6 is 27.3 Å². The maximum atomic E-state index is 12.7. The Morgan fingerprint density at radius 3 is 3.10 bits per heavy atom. The van der Waals surface area contributed by atoms with E-state index in [9.17, 15) is 4.79 Å². The van der Waals surface area contributed by atoms with Gasteiger partial charge < -0.3 is 10.2 Å². The van der Waals surface area contributed by atoms with Crippen molar-refractivity contribution in [3.05, 3.63) is 55.7 Å². The highest BCUT2D eigenvalue weighted by Gasteiger charge is 2.20. The lowest BCUT2D eigenvalue weighted by Crippen LogP contribution is -2.30. The van der Waals surface area contributed by atoms with Crippen LogP contribution in [0.25, 0.3) is 0 Å². The van der Waals surface area contributed by atoms with Crippen molar-refractivity contribution in [1.82, 2.24) is 10.2 Å². The van der Waals surface area contributed by atoms with Gasteiger partial charge in [0.2, 0.25) is 0 Å². The average molecular weight is 365 g/mol. The summed E-state index contributed by atoms with van der Waals surface area (Å²) in [5, 5.41) is 5.40. The molecule has 2 heterocycles. The molecule has 0 radical (unpaired) electrons. The van der Waals surface area contributed by atoms with Crippen molar-refractivity contribution in [3.8, 4) is 0 Å². The molecule has 0 aliphatic carbocycles. The molecule has 0 fully saturated rings. The maximum Gasteiger partial charge on any atom is 0.254 e. The standard InChI is InChI=1S/C16H17BrN2OS/c1-19(9-13-7-12(17)10-21-13)16(20)15-4-2-3-11-8-18-6-5-14(11)15/h2-4,7,10,18H,5-6,8-9H2,1H3. The molecular weight excluding hydrogens is 348 g/mol. The Balaban J connectivity index is 1.81. The Morgan fingerprint density at radius 2 is 2.33 bits per heavy atom. The van der Waals surface area contributed by atoms with E-state index in [1.165, 1.54) is 16.0 Å². The van der Waals surface area contributed by atoms with E-state index in [1.807, 2.05) is 24.6 Å². The average Bonchev–Trinajstić information content (AvgIpc) is 2.91. The van der Waals surface area contributed by atoms with Gasteiger partial charge in [0.15, 0.2) is 0 Å². The number of nitrogens with one attached hydrogen (secondary N) is 1. The monoisotopic (exact) mass is 364 g/mol. The number of fused-ring (bicyclic) bond motifs is 1. The predicted molar refractivity (Wildman–Crippen MR) is 89.7 cm³/mol. The Hall–Kier alpha value is -1.17. The van der Waals surface area contributed by atoms with E-state index in [1.54, 1.807) is 16.2 Å². The van der Waals surface area contributed by atoms with Gasteiger partial charge in [0.25, 0.3) is 5.91 Å². The highest BCUT2D eigenvalue weighted by atomic mass is 79.9. The summed E-state index contributed by atoms with van der Waals surface area (Å²) in [7, 11) is 1.87. The number of amides is 1. The summed E-state index contributed by atoms with van der Waals surface area (Å²) >= 11 is 5.12. The summed E-state index contributed by atoms with van der Waals surface area (Å²) in [6, 6.07) is 8.11. The van der Waals surface area contributed by atoms with Gasteiger partial charge in [-0.05, 0) is 52.2 Å². The van der Waals surface area contributed by atoms with Gasteiger partial charge >= 0.3 is 0 Å². The SMILES string of the molecule is CN(Cc1cc(Br)cs1)C(=O)c1cccc2c1CCNC2. The van der Waals surface area contributed by atoms with Crippen LogP contribution in [0.2, 0.25) is 0 Å². The normalized spacial score (nSPS) is 13.8. The summed E-state index contributed by atoms with van der Waals surface area (Å²) in [5.74, 6) is 0.110. The van der Waals surface area contributed by atoms with Crippen LogP contribution in [0, 0.1) is 0 Å². The van der Waals surface area contributed by atoms with Crippen molar-refractivity contribution >= 4 is 33.2 Å². The fraction of sp³-hybridized carbons (Fsp3) is 0.312. The number of hydrogen-bond donors (Lipinski definition) is 1. The van der Waals surface area contributed by atoms with Gasteiger partial charge in [-0.15, -0.1) is 11.3 Å². The molecule has 0 unspecified atom stereocenters. The van der Waals surface area contributed by atoms with Gasteiger partial charge in [0.05, 0.1) is 6.54 Å². The third-order valence-corrected chi connectivity index (χ3v) is 5.41. The van der Waals surface area contributed by atoms with Crippen LogP contribution in [0.15, 0.2) is 34.1 Å². The second kappa shape index (κ2) is 6.30. The lowest BCUT2D eigenvalue weighted by molar-refractivity contribution is 0.0785. The highest BCUT2D eigenvalue weighted by molar-refractivity contribution is 9.10. The first-order valence-electron chi connectivity index (χ1n) is 6.95. The van der Waals surface area contributed by atoms with Crippen LogP contribution < -0.4 is 5.32 Å². The van der Waals surface area contributed by atoms with Crippen molar-refractivity contribution in [2.24, 2.45) is 0 Å². The number of rotatable bonds is 3. The lowest BCUT2D eigenvalue weighted by atomic mass is 9.95. The smallest absolute Gasteiger partial charge is 0.254 e. The summed E-state index contributed by atoms with van der Waals surface area (Å²) in [6.45, 7) is 2.45. The number of carbonyl (C=O) groups is 1. The van der Waals surface area contributed by atoms with E-state index in [0.717, 1.165) is 29.5 Å². The topological polar surface area (TPSA) is 32.3 Å². The molecule has 1 aliphatic heterocycles. The molecule has 0 saturated heterocycles. The molecule has 1 amide bonds. The Bertz CT molecular complexity index is 668. The minimum Gasteiger partial charge on any atom is -0.337 e. The molecule has 1 N–H and O–H groups in total. The van der Waals surface area contributed by atoms with Gasteiger partial charge in [-0.3, -0.25) is 4.79 Å². The van der Waals surface area contributed by atoms with Crippen LogP contribution in [0.5, 0.6) is 0 Å². The van der Waals surface area contributed by atoms with Crippen LogP contribution in [0.3, 0.4) is 0 Å². The molecule has 3 rings (SSSR count). The molecule has 2 aromatic rings. The number of carbonyl (C=O) groups excluding carboxylic acids is 1. The summed E-state index contributed by atoms with van der Waals surface area (Å²) < 4.78 is 1.08. The van der Waals surface area contributed by atoms with E-state index in [-0.39, 0.29) is 5.91 Å². The number of halogens is 1. The largest absolute Gasteiger partial charge is 0.337 e. The fourth-order valence-corrected chi connectivity index (χ4v) is 4.18. The zero-order chi connectivity index (χ0) is 14.8. The van der Waals surface area contributed by atoms with E-state index in [0.29, 0.717) is 6.54 Å². The first kappa shape index (κ1) is 14.8. The van der Waals surface area contributed by atoms with Crippen LogP contribution in [-0.4, -0.2) is 24.4 Å². The summed E-state index contributed by atoms with van der Waals surface area (Å²) in [4.78, 5) is 15.7. The quantitative estimate of drug-likeness (QED) is 0.904. The molecule has 3 nitrogen and oxygen atoms in total. The molecule has 0 bridgehead atoms. The van der Waals surface area contributed by atoms with Gasteiger partial charge in [-0.2, -0.15) is 0 Å². The molecule has 1 aliphatic rings. The third-order valence-electron chi connectivity index (χ3n) is 3.73. The molecule has 0 atom stereocenters. The van der Waals surface area contributed by atoms with Gasteiger partial charge in [-0.1, -0.05) is 12.1 Å². The number of benzene rings is 1. The fourth-order valence-electron chi connectivity index (χ4n) is 2.68. The molecule has 1 aromatic carbocycles. The first-order valence-corrected chi connectivity index (χ1v) is 8.62. The Kier molecular flexibility index (Phi) is 4.42. The number of thiophene rings is 1. The molecule has 1 aromatic heterocycles. The van der Waals surface area contributed by atoms with E-state index in [2.05, 4.69) is 33.4 Å².